The van der Waals surface area contributed by atoms with Crippen LogP contribution in [0.3, 0.4) is 0 Å². The maximum atomic E-state index is 12.3. The molecule has 0 radical (unpaired) electrons. The number of rotatable bonds is 4. The zero-order chi connectivity index (χ0) is 14.6. The molecule has 1 aliphatic heterocycles. The lowest BCUT2D eigenvalue weighted by molar-refractivity contribution is -0.148. The van der Waals surface area contributed by atoms with Gasteiger partial charge < -0.3 is 4.74 Å². The van der Waals surface area contributed by atoms with Crippen LogP contribution < -0.4 is 4.74 Å². The van der Waals surface area contributed by atoms with Crippen LogP contribution in [0.15, 0.2) is 28.7 Å². The Morgan fingerprint density at radius 3 is 2.38 bits per heavy atom. The van der Waals surface area contributed by atoms with Gasteiger partial charge in [-0.3, -0.25) is 4.90 Å². The smallest absolute Gasteiger partial charge is 0.401 e. The lowest BCUT2D eigenvalue weighted by atomic mass is 9.98. The van der Waals surface area contributed by atoms with Crippen molar-refractivity contribution >= 4 is 28.3 Å². The number of para-hydroxylation sites is 1. The zero-order valence-electron chi connectivity index (χ0n) is 11.4. The molecule has 0 amide bonds. The maximum absolute atomic E-state index is 12.3. The average molecular weight is 389 g/mol. The summed E-state index contributed by atoms with van der Waals surface area (Å²) in [7, 11) is 0. The second-order valence-electron chi connectivity index (χ2n) is 5.08. The number of nitrogens with zero attached hydrogens (tertiary/aromatic N) is 1. The van der Waals surface area contributed by atoms with E-state index < -0.39 is 12.7 Å². The standard InChI is InChI=1S/C14H17BrF3NO.ClH/c15-12-3-1-2-4-13(12)20-9-11-5-7-19(8-6-11)10-14(16,17)18;/h1-4,11H,5-10H2;1H. The molecule has 2 nitrogen and oxygen atoms in total. The Balaban J connectivity index is 0.00000220. The van der Waals surface area contributed by atoms with Gasteiger partial charge in [-0.2, -0.15) is 13.2 Å². The van der Waals surface area contributed by atoms with Crippen LogP contribution in [0.4, 0.5) is 13.2 Å². The summed E-state index contributed by atoms with van der Waals surface area (Å²) in [5.41, 5.74) is 0. The van der Waals surface area contributed by atoms with Crippen LogP contribution in [-0.2, 0) is 0 Å². The summed E-state index contributed by atoms with van der Waals surface area (Å²) < 4.78 is 43.5. The van der Waals surface area contributed by atoms with E-state index in [0.717, 1.165) is 23.1 Å². The Hall–Kier alpha value is -0.460. The van der Waals surface area contributed by atoms with Gasteiger partial charge in [0.1, 0.15) is 5.75 Å². The van der Waals surface area contributed by atoms with Crippen LogP contribution in [0.5, 0.6) is 5.75 Å². The molecule has 0 spiro atoms. The first-order valence-corrected chi connectivity index (χ1v) is 7.40. The summed E-state index contributed by atoms with van der Waals surface area (Å²) >= 11 is 3.41. The molecule has 0 unspecified atom stereocenters. The second-order valence-corrected chi connectivity index (χ2v) is 5.93. The van der Waals surface area contributed by atoms with Crippen LogP contribution in [-0.4, -0.2) is 37.3 Å². The molecular formula is C14H18BrClF3NO. The molecule has 0 aliphatic carbocycles. The fourth-order valence-electron chi connectivity index (χ4n) is 2.33. The van der Waals surface area contributed by atoms with Crippen molar-refractivity contribution in [3.8, 4) is 5.75 Å². The first kappa shape index (κ1) is 18.6. The molecule has 1 fully saturated rings. The third-order valence-corrected chi connectivity index (χ3v) is 4.08. The van der Waals surface area contributed by atoms with Gasteiger partial charge in [-0.25, -0.2) is 0 Å². The van der Waals surface area contributed by atoms with E-state index in [4.69, 9.17) is 4.74 Å². The van der Waals surface area contributed by atoms with Crippen LogP contribution in [0.2, 0.25) is 0 Å². The van der Waals surface area contributed by atoms with Gasteiger partial charge in [0.15, 0.2) is 0 Å². The van der Waals surface area contributed by atoms with E-state index in [1.54, 1.807) is 0 Å². The summed E-state index contributed by atoms with van der Waals surface area (Å²) in [5, 5.41) is 0. The lowest BCUT2D eigenvalue weighted by Gasteiger charge is -2.32. The maximum Gasteiger partial charge on any atom is 0.401 e. The predicted molar refractivity (Wildman–Crippen MR) is 82.1 cm³/mol. The van der Waals surface area contributed by atoms with Crippen molar-refractivity contribution in [2.24, 2.45) is 5.92 Å². The highest BCUT2D eigenvalue weighted by molar-refractivity contribution is 9.10. The number of alkyl halides is 3. The molecule has 0 atom stereocenters. The van der Waals surface area contributed by atoms with Crippen molar-refractivity contribution in [1.29, 1.82) is 0 Å². The number of hydrogen-bond acceptors (Lipinski definition) is 2. The van der Waals surface area contributed by atoms with Gasteiger partial charge in [-0.1, -0.05) is 12.1 Å². The minimum atomic E-state index is -4.10. The van der Waals surface area contributed by atoms with Crippen molar-refractivity contribution in [2.45, 2.75) is 19.0 Å². The molecule has 1 aliphatic rings. The molecule has 1 aromatic carbocycles. The first-order valence-electron chi connectivity index (χ1n) is 6.60. The van der Waals surface area contributed by atoms with Crippen molar-refractivity contribution in [2.75, 3.05) is 26.2 Å². The monoisotopic (exact) mass is 387 g/mol. The van der Waals surface area contributed by atoms with E-state index in [9.17, 15) is 13.2 Å². The number of likely N-dealkylation sites (tertiary alicyclic amines) is 1. The highest BCUT2D eigenvalue weighted by Crippen LogP contribution is 2.26. The number of ether oxygens (including phenoxy) is 1. The van der Waals surface area contributed by atoms with Gasteiger partial charge in [0.05, 0.1) is 17.6 Å². The molecule has 1 saturated heterocycles. The van der Waals surface area contributed by atoms with Gasteiger partial charge in [-0.15, -0.1) is 12.4 Å². The third kappa shape index (κ3) is 6.45. The Morgan fingerprint density at radius 2 is 1.81 bits per heavy atom. The molecule has 0 bridgehead atoms. The summed E-state index contributed by atoms with van der Waals surface area (Å²) in [5.74, 6) is 1.11. The molecule has 21 heavy (non-hydrogen) atoms. The zero-order valence-corrected chi connectivity index (χ0v) is 13.8. The number of halogens is 5. The van der Waals surface area contributed by atoms with Gasteiger partial charge in [0, 0.05) is 0 Å². The molecule has 0 saturated carbocycles. The minimum absolute atomic E-state index is 0. The normalized spacial score (nSPS) is 17.3. The number of benzene rings is 1. The molecule has 1 aromatic rings. The lowest BCUT2D eigenvalue weighted by Crippen LogP contribution is -2.41. The Kier molecular flexibility index (Phi) is 7.30. The molecule has 1 heterocycles. The van der Waals surface area contributed by atoms with E-state index in [1.165, 1.54) is 4.90 Å². The average Bonchev–Trinajstić information content (AvgIpc) is 2.38. The van der Waals surface area contributed by atoms with Crippen LogP contribution in [0, 0.1) is 5.92 Å². The third-order valence-electron chi connectivity index (χ3n) is 3.42. The second kappa shape index (κ2) is 8.25. The first-order chi connectivity index (χ1) is 9.44. The Morgan fingerprint density at radius 1 is 1.19 bits per heavy atom. The highest BCUT2D eigenvalue weighted by Gasteiger charge is 2.32. The SMILES string of the molecule is Cl.FC(F)(F)CN1CCC(COc2ccccc2Br)CC1. The van der Waals surface area contributed by atoms with Gasteiger partial charge in [0.25, 0.3) is 0 Å². The van der Waals surface area contributed by atoms with Crippen LogP contribution in [0.25, 0.3) is 0 Å². The van der Waals surface area contributed by atoms with Gasteiger partial charge in [0.2, 0.25) is 0 Å². The molecule has 2 rings (SSSR count). The molecule has 0 N–H and O–H groups in total. The van der Waals surface area contributed by atoms with Crippen molar-refractivity contribution in [3.05, 3.63) is 28.7 Å². The van der Waals surface area contributed by atoms with Crippen LogP contribution in [0.1, 0.15) is 12.8 Å². The van der Waals surface area contributed by atoms with Crippen molar-refractivity contribution in [3.63, 3.8) is 0 Å². The minimum Gasteiger partial charge on any atom is -0.492 e. The van der Waals surface area contributed by atoms with E-state index in [1.807, 2.05) is 24.3 Å². The fraction of sp³-hybridized carbons (Fsp3) is 0.571. The Labute approximate surface area is 137 Å². The predicted octanol–water partition coefficient (Wildman–Crippen LogP) is 4.52. The fourth-order valence-corrected chi connectivity index (χ4v) is 2.73. The topological polar surface area (TPSA) is 12.5 Å². The van der Waals surface area contributed by atoms with E-state index in [-0.39, 0.29) is 12.4 Å². The quantitative estimate of drug-likeness (QED) is 0.752. The number of piperidine rings is 1. The molecular weight excluding hydrogens is 371 g/mol. The molecule has 0 aromatic heterocycles. The van der Waals surface area contributed by atoms with Crippen molar-refractivity contribution in [1.82, 2.24) is 4.90 Å². The highest BCUT2D eigenvalue weighted by atomic mass is 79.9. The molecule has 120 valence electrons. The van der Waals surface area contributed by atoms with E-state index in [2.05, 4.69) is 15.9 Å². The molecule has 7 heteroatoms. The van der Waals surface area contributed by atoms with E-state index in [0.29, 0.717) is 25.6 Å². The largest absolute Gasteiger partial charge is 0.492 e. The summed E-state index contributed by atoms with van der Waals surface area (Å²) in [4.78, 5) is 1.47. The summed E-state index contributed by atoms with van der Waals surface area (Å²) in [6.45, 7) is 0.736. The van der Waals surface area contributed by atoms with Crippen LogP contribution >= 0.6 is 28.3 Å². The van der Waals surface area contributed by atoms with Gasteiger partial charge >= 0.3 is 6.18 Å². The van der Waals surface area contributed by atoms with Gasteiger partial charge in [-0.05, 0) is 59.9 Å². The Bertz CT molecular complexity index is 436. The summed E-state index contributed by atoms with van der Waals surface area (Å²) in [6, 6.07) is 7.59. The summed E-state index contributed by atoms with van der Waals surface area (Å²) in [6.07, 6.45) is -2.60. The van der Waals surface area contributed by atoms with E-state index >= 15 is 0 Å². The number of hydrogen-bond donors (Lipinski definition) is 0. The van der Waals surface area contributed by atoms with Crippen molar-refractivity contribution < 1.29 is 17.9 Å².